The van der Waals surface area contributed by atoms with Crippen LogP contribution in [0.1, 0.15) is 19.4 Å². The number of nitrogens with zero attached hydrogens (tertiary/aromatic N) is 1. The molecular formula is C19H21NO4. The Morgan fingerprint density at radius 3 is 2.75 bits per heavy atom. The molecule has 0 aliphatic carbocycles. The third-order valence-electron chi connectivity index (χ3n) is 5.32. The van der Waals surface area contributed by atoms with E-state index in [1.807, 2.05) is 36.4 Å². The molecular weight excluding hydrogens is 306 g/mol. The lowest BCUT2D eigenvalue weighted by Gasteiger charge is -2.22. The van der Waals surface area contributed by atoms with E-state index < -0.39 is 17.4 Å². The second-order valence-corrected chi connectivity index (χ2v) is 6.60. The second kappa shape index (κ2) is 5.45. The largest absolute Gasteiger partial charge is 0.466 e. The molecule has 0 unspecified atom stereocenters. The van der Waals surface area contributed by atoms with Crippen LogP contribution in [0.25, 0.3) is 0 Å². The molecule has 1 aromatic carbocycles. The highest BCUT2D eigenvalue weighted by Gasteiger charge is 2.67. The highest BCUT2D eigenvalue weighted by Crippen LogP contribution is 2.52. The van der Waals surface area contributed by atoms with E-state index in [1.54, 1.807) is 11.8 Å². The monoisotopic (exact) mass is 327 g/mol. The molecule has 2 fully saturated rings. The van der Waals surface area contributed by atoms with Gasteiger partial charge < -0.3 is 14.4 Å². The molecule has 24 heavy (non-hydrogen) atoms. The summed E-state index contributed by atoms with van der Waals surface area (Å²) < 4.78 is 11.2. The van der Waals surface area contributed by atoms with Gasteiger partial charge in [0.1, 0.15) is 11.5 Å². The fourth-order valence-electron chi connectivity index (χ4n) is 4.14. The molecule has 1 amide bonds. The van der Waals surface area contributed by atoms with Gasteiger partial charge in [-0.2, -0.15) is 0 Å². The van der Waals surface area contributed by atoms with Crippen molar-refractivity contribution in [3.63, 3.8) is 0 Å². The van der Waals surface area contributed by atoms with E-state index in [0.717, 1.165) is 12.1 Å². The van der Waals surface area contributed by atoms with Gasteiger partial charge in [-0.15, -0.1) is 0 Å². The number of esters is 1. The van der Waals surface area contributed by atoms with Crippen molar-refractivity contribution in [3.8, 4) is 0 Å². The number of anilines is 1. The van der Waals surface area contributed by atoms with Gasteiger partial charge in [0.25, 0.3) is 0 Å². The van der Waals surface area contributed by atoms with Gasteiger partial charge >= 0.3 is 5.97 Å². The molecule has 4 rings (SSSR count). The molecule has 3 aliphatic heterocycles. The molecule has 0 saturated carbocycles. The number of hydrogen-bond donors (Lipinski definition) is 0. The van der Waals surface area contributed by atoms with Crippen molar-refractivity contribution in [2.45, 2.75) is 32.0 Å². The van der Waals surface area contributed by atoms with E-state index in [9.17, 15) is 9.59 Å². The average Bonchev–Trinajstić information content (AvgIpc) is 3.23. The molecule has 126 valence electrons. The number of aryl methyl sites for hydroxylation is 1. The number of amides is 1. The van der Waals surface area contributed by atoms with Crippen LogP contribution in [0, 0.1) is 11.8 Å². The topological polar surface area (TPSA) is 55.8 Å². The summed E-state index contributed by atoms with van der Waals surface area (Å²) in [6.07, 6.45) is 4.47. The van der Waals surface area contributed by atoms with E-state index in [-0.39, 0.29) is 18.0 Å². The van der Waals surface area contributed by atoms with Gasteiger partial charge in [-0.1, -0.05) is 31.2 Å². The minimum Gasteiger partial charge on any atom is -0.466 e. The van der Waals surface area contributed by atoms with Crippen molar-refractivity contribution in [2.24, 2.45) is 11.8 Å². The van der Waals surface area contributed by atoms with Crippen LogP contribution in [0.5, 0.6) is 0 Å². The van der Waals surface area contributed by atoms with Gasteiger partial charge in [0.05, 0.1) is 25.2 Å². The van der Waals surface area contributed by atoms with E-state index >= 15 is 0 Å². The Morgan fingerprint density at radius 2 is 2.08 bits per heavy atom. The van der Waals surface area contributed by atoms with Gasteiger partial charge in [-0.25, -0.2) is 0 Å². The van der Waals surface area contributed by atoms with Gasteiger partial charge in [-0.3, -0.25) is 9.59 Å². The van der Waals surface area contributed by atoms with Crippen LogP contribution in [0.15, 0.2) is 36.4 Å². The SMILES string of the molecule is CCOC(=O)[C@@H]1[C@@H]2C=C[C@]3(CN(c4ccc(CC)cc4)C(=O)[C@H]13)O2. The van der Waals surface area contributed by atoms with Crippen LogP contribution in [-0.4, -0.2) is 36.7 Å². The first-order valence-electron chi connectivity index (χ1n) is 8.54. The van der Waals surface area contributed by atoms with E-state index in [2.05, 4.69) is 6.92 Å². The van der Waals surface area contributed by atoms with Crippen molar-refractivity contribution in [2.75, 3.05) is 18.1 Å². The quantitative estimate of drug-likeness (QED) is 0.628. The number of rotatable bonds is 4. The van der Waals surface area contributed by atoms with Crippen molar-refractivity contribution < 1.29 is 19.1 Å². The van der Waals surface area contributed by atoms with Crippen molar-refractivity contribution in [1.29, 1.82) is 0 Å². The van der Waals surface area contributed by atoms with Gasteiger partial charge in [0.2, 0.25) is 5.91 Å². The molecule has 5 heteroatoms. The first-order valence-corrected chi connectivity index (χ1v) is 8.54. The summed E-state index contributed by atoms with van der Waals surface area (Å²) in [7, 11) is 0. The number of carbonyl (C=O) groups excluding carboxylic acids is 2. The van der Waals surface area contributed by atoms with Gasteiger partial charge in [-0.05, 0) is 31.0 Å². The minimum atomic E-state index is -0.692. The summed E-state index contributed by atoms with van der Waals surface area (Å²) in [5.41, 5.74) is 1.39. The van der Waals surface area contributed by atoms with Crippen LogP contribution < -0.4 is 4.90 Å². The van der Waals surface area contributed by atoms with Crippen molar-refractivity contribution >= 4 is 17.6 Å². The maximum atomic E-state index is 13.0. The molecule has 1 aromatic rings. The predicted molar refractivity (Wildman–Crippen MR) is 88.5 cm³/mol. The molecule has 4 atom stereocenters. The molecule has 2 bridgehead atoms. The zero-order chi connectivity index (χ0) is 16.9. The summed E-state index contributed by atoms with van der Waals surface area (Å²) >= 11 is 0. The first kappa shape index (κ1) is 15.4. The Kier molecular flexibility index (Phi) is 3.49. The van der Waals surface area contributed by atoms with Crippen molar-refractivity contribution in [1.82, 2.24) is 0 Å². The fourth-order valence-corrected chi connectivity index (χ4v) is 4.14. The summed E-state index contributed by atoms with van der Waals surface area (Å²) in [5.74, 6) is -1.42. The normalized spacial score (nSPS) is 33.2. The standard InChI is InChI=1S/C19H21NO4/c1-3-12-5-7-13(8-6-12)20-11-19-10-9-14(24-19)15(16(19)17(20)21)18(22)23-4-2/h5-10,14-16H,3-4,11H2,1-2H3/t14-,15+,16-,19+/m0/s1. The Balaban J connectivity index is 1.65. The predicted octanol–water partition coefficient (Wildman–Crippen LogP) is 2.10. The molecule has 2 saturated heterocycles. The van der Waals surface area contributed by atoms with Gasteiger partial charge in [0, 0.05) is 5.69 Å². The summed E-state index contributed by atoms with van der Waals surface area (Å²) in [4.78, 5) is 27.1. The highest BCUT2D eigenvalue weighted by molar-refractivity contribution is 6.02. The average molecular weight is 327 g/mol. The van der Waals surface area contributed by atoms with Crippen LogP contribution in [-0.2, 0) is 25.5 Å². The molecule has 0 aromatic heterocycles. The van der Waals surface area contributed by atoms with Crippen LogP contribution >= 0.6 is 0 Å². The summed E-state index contributed by atoms with van der Waals surface area (Å²) in [6, 6.07) is 7.99. The third-order valence-corrected chi connectivity index (χ3v) is 5.32. The number of carbonyl (C=O) groups is 2. The minimum absolute atomic E-state index is 0.0517. The lowest BCUT2D eigenvalue weighted by Crippen LogP contribution is -2.40. The van der Waals surface area contributed by atoms with E-state index in [0.29, 0.717) is 13.2 Å². The maximum Gasteiger partial charge on any atom is 0.312 e. The van der Waals surface area contributed by atoms with Crippen LogP contribution in [0.4, 0.5) is 5.69 Å². The molecule has 1 spiro atoms. The molecule has 3 aliphatic rings. The van der Waals surface area contributed by atoms with E-state index in [4.69, 9.17) is 9.47 Å². The zero-order valence-electron chi connectivity index (χ0n) is 13.9. The number of benzene rings is 1. The fraction of sp³-hybridized carbons (Fsp3) is 0.474. The Hall–Kier alpha value is -2.14. The highest BCUT2D eigenvalue weighted by atomic mass is 16.6. The molecule has 0 radical (unpaired) electrons. The molecule has 0 N–H and O–H groups in total. The third kappa shape index (κ3) is 2.04. The second-order valence-electron chi connectivity index (χ2n) is 6.60. The van der Waals surface area contributed by atoms with E-state index in [1.165, 1.54) is 5.56 Å². The maximum absolute atomic E-state index is 13.0. The summed E-state index contributed by atoms with van der Waals surface area (Å²) in [5, 5.41) is 0. The lowest BCUT2D eigenvalue weighted by molar-refractivity contribution is -0.151. The Bertz CT molecular complexity index is 711. The lowest BCUT2D eigenvalue weighted by atomic mass is 9.77. The number of hydrogen-bond acceptors (Lipinski definition) is 4. The summed E-state index contributed by atoms with van der Waals surface area (Å²) in [6.45, 7) is 4.63. The zero-order valence-corrected chi connectivity index (χ0v) is 13.9. The van der Waals surface area contributed by atoms with Gasteiger partial charge in [0.15, 0.2) is 0 Å². The van der Waals surface area contributed by atoms with Crippen LogP contribution in [0.3, 0.4) is 0 Å². The first-order chi connectivity index (χ1) is 11.6. The number of fused-ring (bicyclic) bond motifs is 1. The number of ether oxygens (including phenoxy) is 2. The molecule has 5 nitrogen and oxygen atoms in total. The molecule has 3 heterocycles. The van der Waals surface area contributed by atoms with Crippen molar-refractivity contribution in [3.05, 3.63) is 42.0 Å². The Morgan fingerprint density at radius 1 is 1.33 bits per heavy atom. The van der Waals surface area contributed by atoms with Crippen LogP contribution in [0.2, 0.25) is 0 Å². The Labute approximate surface area is 141 Å². The smallest absolute Gasteiger partial charge is 0.312 e.